The number of carboxylic acids is 1. The highest BCUT2D eigenvalue weighted by molar-refractivity contribution is 6.33. The minimum Gasteiger partial charge on any atom is -0.480 e. The summed E-state index contributed by atoms with van der Waals surface area (Å²) in [7, 11) is 0. The van der Waals surface area contributed by atoms with Crippen molar-refractivity contribution in [3.63, 3.8) is 0 Å². The van der Waals surface area contributed by atoms with E-state index in [1.54, 1.807) is 6.07 Å². The fourth-order valence-corrected chi connectivity index (χ4v) is 1.35. The number of benzene rings is 1. The molecule has 0 saturated heterocycles. The Morgan fingerprint density at radius 3 is 2.78 bits per heavy atom. The van der Waals surface area contributed by atoms with E-state index in [0.29, 0.717) is 16.3 Å². The van der Waals surface area contributed by atoms with Crippen molar-refractivity contribution in [2.75, 3.05) is 25.5 Å². The molecule has 0 aliphatic rings. The van der Waals surface area contributed by atoms with Crippen molar-refractivity contribution in [1.29, 1.82) is 0 Å². The summed E-state index contributed by atoms with van der Waals surface area (Å²) in [6, 6.07) is 4.55. The van der Waals surface area contributed by atoms with Gasteiger partial charge in [-0.05, 0) is 18.2 Å². The molecule has 7 heteroatoms. The molecular formula is C11H13ClN2O4. The molecule has 1 aromatic carbocycles. The standard InChI is InChI=1S/C11H13ClN2O4/c12-8-5-7(1-2-9(8)13)11(17)14-3-4-18-6-10(15)16/h1-2,5H,3-4,6,13H2,(H,14,17)(H,15,16). The lowest BCUT2D eigenvalue weighted by atomic mass is 10.2. The zero-order chi connectivity index (χ0) is 13.5. The van der Waals surface area contributed by atoms with Gasteiger partial charge in [-0.2, -0.15) is 0 Å². The minimum atomic E-state index is -1.05. The first-order valence-electron chi connectivity index (χ1n) is 5.13. The number of hydrogen-bond acceptors (Lipinski definition) is 4. The molecule has 0 unspecified atom stereocenters. The molecule has 0 fully saturated rings. The third kappa shape index (κ3) is 4.60. The first kappa shape index (κ1) is 14.3. The highest BCUT2D eigenvalue weighted by atomic mass is 35.5. The minimum absolute atomic E-state index is 0.126. The van der Waals surface area contributed by atoms with Gasteiger partial charge in [0.1, 0.15) is 6.61 Å². The summed E-state index contributed by atoms with van der Waals surface area (Å²) in [5.74, 6) is -1.37. The van der Waals surface area contributed by atoms with Gasteiger partial charge in [0.15, 0.2) is 0 Å². The smallest absolute Gasteiger partial charge is 0.329 e. The van der Waals surface area contributed by atoms with Gasteiger partial charge < -0.3 is 20.9 Å². The Kier molecular flexibility index (Phi) is 5.41. The van der Waals surface area contributed by atoms with Gasteiger partial charge in [-0.3, -0.25) is 4.79 Å². The second-order valence-corrected chi connectivity index (χ2v) is 3.85. The number of rotatable bonds is 6. The first-order valence-corrected chi connectivity index (χ1v) is 5.51. The van der Waals surface area contributed by atoms with Gasteiger partial charge >= 0.3 is 5.97 Å². The fraction of sp³-hybridized carbons (Fsp3) is 0.273. The molecule has 0 aliphatic heterocycles. The third-order valence-electron chi connectivity index (χ3n) is 2.02. The number of amides is 1. The molecular weight excluding hydrogens is 260 g/mol. The van der Waals surface area contributed by atoms with E-state index in [9.17, 15) is 9.59 Å². The van der Waals surface area contributed by atoms with Crippen molar-refractivity contribution in [3.8, 4) is 0 Å². The molecule has 0 aromatic heterocycles. The molecule has 1 rings (SSSR count). The van der Waals surface area contributed by atoms with E-state index >= 15 is 0 Å². The van der Waals surface area contributed by atoms with Gasteiger partial charge in [-0.1, -0.05) is 11.6 Å². The van der Waals surface area contributed by atoms with Crippen molar-refractivity contribution < 1.29 is 19.4 Å². The Hall–Kier alpha value is -1.79. The van der Waals surface area contributed by atoms with Crippen LogP contribution in [0.1, 0.15) is 10.4 Å². The summed E-state index contributed by atoms with van der Waals surface area (Å²) in [6.45, 7) is -0.0432. The van der Waals surface area contributed by atoms with Crippen molar-refractivity contribution in [2.24, 2.45) is 0 Å². The number of nitrogens with one attached hydrogen (secondary N) is 1. The van der Waals surface area contributed by atoms with Crippen LogP contribution in [-0.2, 0) is 9.53 Å². The van der Waals surface area contributed by atoms with Crippen LogP contribution in [0.5, 0.6) is 0 Å². The SMILES string of the molecule is Nc1ccc(C(=O)NCCOCC(=O)O)cc1Cl. The van der Waals surface area contributed by atoms with Crippen LogP contribution in [0.25, 0.3) is 0 Å². The number of nitrogens with two attached hydrogens (primary N) is 1. The second kappa shape index (κ2) is 6.83. The van der Waals surface area contributed by atoms with Crippen LogP contribution < -0.4 is 11.1 Å². The maximum atomic E-state index is 11.6. The van der Waals surface area contributed by atoms with Gasteiger partial charge in [0.05, 0.1) is 17.3 Å². The zero-order valence-electron chi connectivity index (χ0n) is 9.48. The van der Waals surface area contributed by atoms with Crippen molar-refractivity contribution >= 4 is 29.2 Å². The number of carboxylic acid groups (broad SMARTS) is 1. The molecule has 18 heavy (non-hydrogen) atoms. The number of carbonyl (C=O) groups is 2. The number of hydrogen-bond donors (Lipinski definition) is 3. The first-order chi connectivity index (χ1) is 8.50. The van der Waals surface area contributed by atoms with Crippen LogP contribution in [0.15, 0.2) is 18.2 Å². The normalized spacial score (nSPS) is 10.1. The summed E-state index contributed by atoms with van der Waals surface area (Å²) >= 11 is 5.78. The maximum Gasteiger partial charge on any atom is 0.329 e. The van der Waals surface area contributed by atoms with Crippen molar-refractivity contribution in [1.82, 2.24) is 5.32 Å². The van der Waals surface area contributed by atoms with Gasteiger partial charge in [-0.25, -0.2) is 4.79 Å². The molecule has 4 N–H and O–H groups in total. The molecule has 0 spiro atoms. The van der Waals surface area contributed by atoms with Gasteiger partial charge in [0, 0.05) is 12.1 Å². The van der Waals surface area contributed by atoms with E-state index < -0.39 is 5.97 Å². The van der Waals surface area contributed by atoms with E-state index in [2.05, 4.69) is 5.32 Å². The highest BCUT2D eigenvalue weighted by Gasteiger charge is 2.07. The topological polar surface area (TPSA) is 102 Å². The Balaban J connectivity index is 2.36. The molecule has 0 radical (unpaired) electrons. The molecule has 98 valence electrons. The number of aliphatic carboxylic acids is 1. The van der Waals surface area contributed by atoms with Crippen LogP contribution in [0.3, 0.4) is 0 Å². The predicted molar refractivity (Wildman–Crippen MR) is 66.7 cm³/mol. The zero-order valence-corrected chi connectivity index (χ0v) is 10.2. The fourth-order valence-electron chi connectivity index (χ4n) is 1.17. The van der Waals surface area contributed by atoms with E-state index in [-0.39, 0.29) is 25.7 Å². The van der Waals surface area contributed by atoms with E-state index in [1.165, 1.54) is 12.1 Å². The molecule has 1 aromatic rings. The maximum absolute atomic E-state index is 11.6. The molecule has 0 bridgehead atoms. The lowest BCUT2D eigenvalue weighted by molar-refractivity contribution is -0.142. The van der Waals surface area contributed by atoms with Crippen LogP contribution in [0.2, 0.25) is 5.02 Å². The van der Waals surface area contributed by atoms with Crippen LogP contribution in [0.4, 0.5) is 5.69 Å². The van der Waals surface area contributed by atoms with Crippen LogP contribution >= 0.6 is 11.6 Å². The largest absolute Gasteiger partial charge is 0.480 e. The monoisotopic (exact) mass is 272 g/mol. The van der Waals surface area contributed by atoms with Crippen molar-refractivity contribution in [3.05, 3.63) is 28.8 Å². The third-order valence-corrected chi connectivity index (χ3v) is 2.35. The lowest BCUT2D eigenvalue weighted by Gasteiger charge is -2.06. The van der Waals surface area contributed by atoms with Gasteiger partial charge in [0.25, 0.3) is 5.91 Å². The lowest BCUT2D eigenvalue weighted by Crippen LogP contribution is -2.27. The molecule has 0 aliphatic carbocycles. The summed E-state index contributed by atoms with van der Waals surface area (Å²) in [6.07, 6.45) is 0. The number of nitrogen functional groups attached to an aromatic ring is 1. The Morgan fingerprint density at radius 1 is 1.44 bits per heavy atom. The average Bonchev–Trinajstić information content (AvgIpc) is 2.31. The van der Waals surface area contributed by atoms with Crippen LogP contribution in [-0.4, -0.2) is 36.7 Å². The van der Waals surface area contributed by atoms with E-state index in [0.717, 1.165) is 0 Å². The molecule has 0 saturated carbocycles. The molecule has 1 amide bonds. The molecule has 0 heterocycles. The number of carbonyl (C=O) groups excluding carboxylic acids is 1. The van der Waals surface area contributed by atoms with Crippen molar-refractivity contribution in [2.45, 2.75) is 0 Å². The molecule has 0 atom stereocenters. The Bertz CT molecular complexity index is 451. The van der Waals surface area contributed by atoms with Crippen LogP contribution in [0, 0.1) is 0 Å². The number of halogens is 1. The summed E-state index contributed by atoms with van der Waals surface area (Å²) in [5, 5.41) is 11.2. The predicted octanol–water partition coefficient (Wildman–Crippen LogP) is 0.753. The van der Waals surface area contributed by atoms with E-state index in [4.69, 9.17) is 27.2 Å². The van der Waals surface area contributed by atoms with E-state index in [1.807, 2.05) is 0 Å². The Morgan fingerprint density at radius 2 is 2.17 bits per heavy atom. The average molecular weight is 273 g/mol. The number of anilines is 1. The van der Waals surface area contributed by atoms with Gasteiger partial charge in [-0.15, -0.1) is 0 Å². The molecule has 6 nitrogen and oxygen atoms in total. The summed E-state index contributed by atoms with van der Waals surface area (Å²) in [5.41, 5.74) is 6.30. The Labute approximate surface area is 109 Å². The highest BCUT2D eigenvalue weighted by Crippen LogP contribution is 2.19. The second-order valence-electron chi connectivity index (χ2n) is 3.44. The summed E-state index contributed by atoms with van der Waals surface area (Å²) < 4.78 is 4.76. The quantitative estimate of drug-likeness (QED) is 0.524. The summed E-state index contributed by atoms with van der Waals surface area (Å²) in [4.78, 5) is 21.8. The van der Waals surface area contributed by atoms with Gasteiger partial charge in [0.2, 0.25) is 0 Å². The number of ether oxygens (including phenoxy) is 1.